The maximum atomic E-state index is 9.88. The molecule has 0 radical (unpaired) electrons. The average molecular weight is 131 g/mol. The normalized spacial score (nSPS) is 12.6. The van der Waals surface area contributed by atoms with Gasteiger partial charge in [-0.2, -0.15) is 0 Å². The summed E-state index contributed by atoms with van der Waals surface area (Å²) >= 11 is 0. The molecule has 0 spiro atoms. The van der Waals surface area contributed by atoms with E-state index in [9.17, 15) is 9.90 Å². The molecule has 0 aliphatic carbocycles. The zero-order chi connectivity index (χ0) is 7.44. The second-order valence-corrected chi connectivity index (χ2v) is 1.57. The first-order valence-electron chi connectivity index (χ1n) is 2.27. The fourth-order valence-corrected chi connectivity index (χ4v) is 0.287. The summed E-state index contributed by atoms with van der Waals surface area (Å²) in [7, 11) is 0. The van der Waals surface area contributed by atoms with Crippen LogP contribution in [0.3, 0.4) is 0 Å². The van der Waals surface area contributed by atoms with Crippen molar-refractivity contribution in [1.29, 1.82) is 5.41 Å². The topological polar surface area (TPSA) is 110 Å². The van der Waals surface area contributed by atoms with E-state index in [-0.39, 0.29) is 0 Å². The minimum atomic E-state index is -1.25. The molecular formula is C4H7N2O3-. The van der Waals surface area contributed by atoms with Crippen LogP contribution in [0.4, 0.5) is 0 Å². The van der Waals surface area contributed by atoms with Crippen LogP contribution in [0.25, 0.3) is 0 Å². The smallest absolute Gasteiger partial charge is 0.320 e. The molecule has 0 bridgehead atoms. The quantitative estimate of drug-likeness (QED) is 0.307. The summed E-state index contributed by atoms with van der Waals surface area (Å²) in [5, 5.41) is 24.3. The van der Waals surface area contributed by atoms with Crippen molar-refractivity contribution >= 4 is 11.9 Å². The van der Waals surface area contributed by atoms with E-state index < -0.39 is 24.3 Å². The number of carboxylic acid groups (broad SMARTS) is 1. The molecule has 1 unspecified atom stereocenters. The lowest BCUT2D eigenvalue weighted by molar-refractivity contribution is -0.221. The molecule has 0 aromatic rings. The van der Waals surface area contributed by atoms with Crippen LogP contribution in [0, 0.1) is 5.41 Å². The van der Waals surface area contributed by atoms with Crippen LogP contribution in [0.2, 0.25) is 0 Å². The fraction of sp³-hybridized carbons (Fsp3) is 0.500. The van der Waals surface area contributed by atoms with E-state index >= 15 is 0 Å². The van der Waals surface area contributed by atoms with Crippen LogP contribution < -0.4 is 10.8 Å². The maximum Gasteiger partial charge on any atom is 0.320 e. The molecule has 5 heteroatoms. The predicted octanol–water partition coefficient (Wildman–Crippen LogP) is -1.87. The molecule has 0 rings (SSSR count). The van der Waals surface area contributed by atoms with Gasteiger partial charge in [-0.3, -0.25) is 4.79 Å². The van der Waals surface area contributed by atoms with Gasteiger partial charge in [-0.25, -0.2) is 0 Å². The summed E-state index contributed by atoms with van der Waals surface area (Å²) in [5.74, 6) is -2.21. The predicted molar refractivity (Wildman–Crippen MR) is 28.0 cm³/mol. The van der Waals surface area contributed by atoms with E-state index in [1.54, 1.807) is 0 Å². The van der Waals surface area contributed by atoms with E-state index in [1.807, 2.05) is 0 Å². The van der Waals surface area contributed by atoms with Gasteiger partial charge in [0.15, 0.2) is 0 Å². The zero-order valence-corrected chi connectivity index (χ0v) is 4.63. The lowest BCUT2D eigenvalue weighted by Gasteiger charge is -2.09. The third-order valence-corrected chi connectivity index (χ3v) is 0.723. The van der Waals surface area contributed by atoms with Gasteiger partial charge in [-0.1, -0.05) is 0 Å². The van der Waals surface area contributed by atoms with Crippen molar-refractivity contribution in [2.24, 2.45) is 5.73 Å². The van der Waals surface area contributed by atoms with Crippen LogP contribution in [0.5, 0.6) is 0 Å². The highest BCUT2D eigenvalue weighted by Crippen LogP contribution is 1.84. The van der Waals surface area contributed by atoms with Gasteiger partial charge >= 0.3 is 5.97 Å². The Morgan fingerprint density at radius 3 is 2.44 bits per heavy atom. The molecule has 0 fully saturated rings. The van der Waals surface area contributed by atoms with Gasteiger partial charge in [0.1, 0.15) is 6.04 Å². The number of nitrogens with two attached hydrogens (primary N) is 1. The number of carbonyl (C=O) groups is 1. The summed E-state index contributed by atoms with van der Waals surface area (Å²) in [6.45, 7) is 0. The minimum Gasteiger partial charge on any atom is -0.862 e. The summed E-state index contributed by atoms with van der Waals surface area (Å²) in [5.41, 5.74) is 4.88. The molecule has 0 aromatic heterocycles. The van der Waals surface area contributed by atoms with Crippen molar-refractivity contribution in [2.45, 2.75) is 12.5 Å². The molecule has 52 valence electrons. The molecule has 0 aromatic carbocycles. The van der Waals surface area contributed by atoms with Crippen molar-refractivity contribution in [3.8, 4) is 0 Å². The molecule has 4 N–H and O–H groups in total. The van der Waals surface area contributed by atoms with Gasteiger partial charge in [0, 0.05) is 6.42 Å². The fourth-order valence-electron chi connectivity index (χ4n) is 0.287. The van der Waals surface area contributed by atoms with Crippen molar-refractivity contribution in [3.63, 3.8) is 0 Å². The molecule has 5 nitrogen and oxygen atoms in total. The Morgan fingerprint density at radius 2 is 2.33 bits per heavy atom. The number of nitrogens with one attached hydrogen (secondary N) is 1. The third-order valence-electron chi connectivity index (χ3n) is 0.723. The van der Waals surface area contributed by atoms with Crippen LogP contribution in [-0.2, 0) is 4.79 Å². The summed E-state index contributed by atoms with van der Waals surface area (Å²) in [6, 6.07) is -1.23. The van der Waals surface area contributed by atoms with E-state index in [2.05, 4.69) is 0 Å². The molecule has 1 atom stereocenters. The number of aliphatic carboxylic acids is 1. The van der Waals surface area contributed by atoms with Crippen LogP contribution >= 0.6 is 0 Å². The monoisotopic (exact) mass is 131 g/mol. The van der Waals surface area contributed by atoms with Gasteiger partial charge in [0.05, 0.1) is 0 Å². The van der Waals surface area contributed by atoms with Crippen LogP contribution in [-0.4, -0.2) is 23.0 Å². The first-order valence-corrected chi connectivity index (χ1v) is 2.27. The highest BCUT2D eigenvalue weighted by atomic mass is 16.4. The van der Waals surface area contributed by atoms with Crippen molar-refractivity contribution in [3.05, 3.63) is 0 Å². The molecule has 0 heterocycles. The van der Waals surface area contributed by atoms with Gasteiger partial charge in [0.25, 0.3) is 0 Å². The van der Waals surface area contributed by atoms with E-state index in [0.717, 1.165) is 0 Å². The van der Waals surface area contributed by atoms with E-state index in [0.29, 0.717) is 0 Å². The average Bonchev–Trinajstić information content (AvgIpc) is 1.63. The van der Waals surface area contributed by atoms with Crippen molar-refractivity contribution in [2.75, 3.05) is 0 Å². The molecular weight excluding hydrogens is 124 g/mol. The highest BCUT2D eigenvalue weighted by Gasteiger charge is 2.08. The highest BCUT2D eigenvalue weighted by molar-refractivity contribution is 5.80. The molecule has 0 saturated carbocycles. The van der Waals surface area contributed by atoms with Crippen LogP contribution in [0.15, 0.2) is 0 Å². The Hall–Kier alpha value is -1.10. The van der Waals surface area contributed by atoms with Crippen molar-refractivity contribution < 1.29 is 15.0 Å². The number of hydrogen-bond acceptors (Lipinski definition) is 4. The van der Waals surface area contributed by atoms with Gasteiger partial charge < -0.3 is 21.4 Å². The van der Waals surface area contributed by atoms with Crippen LogP contribution in [0.1, 0.15) is 6.42 Å². The molecule has 9 heavy (non-hydrogen) atoms. The zero-order valence-electron chi connectivity index (χ0n) is 4.63. The first-order chi connectivity index (χ1) is 4.04. The third kappa shape index (κ3) is 3.48. The van der Waals surface area contributed by atoms with E-state index in [1.165, 1.54) is 0 Å². The Kier molecular flexibility index (Phi) is 2.66. The number of carboxylic acids is 1. The molecule has 0 amide bonds. The number of rotatable bonds is 3. The maximum absolute atomic E-state index is 9.88. The Bertz CT molecular complexity index is 134. The standard InChI is InChI=1S/C4H8N2O3/c5-2(4(8)9)1-3(6)7/h2H,1,5H2,(H2,6,7)(H,8,9)/p-1. The molecule has 0 saturated heterocycles. The number of hydrogen-bond donors (Lipinski definition) is 3. The SMILES string of the molecule is N=C([O-])CC(N)C(=O)O. The minimum absolute atomic E-state index is 0.421. The molecule has 0 aliphatic rings. The van der Waals surface area contributed by atoms with E-state index in [4.69, 9.17) is 16.2 Å². The first kappa shape index (κ1) is 7.90. The lowest BCUT2D eigenvalue weighted by Crippen LogP contribution is -2.35. The van der Waals surface area contributed by atoms with Crippen molar-refractivity contribution in [1.82, 2.24) is 0 Å². The molecule has 0 aliphatic heterocycles. The summed E-state index contributed by atoms with van der Waals surface area (Å²) in [6.07, 6.45) is -0.421. The second kappa shape index (κ2) is 3.03. The Morgan fingerprint density at radius 1 is 1.89 bits per heavy atom. The lowest BCUT2D eigenvalue weighted by atomic mass is 10.2. The second-order valence-electron chi connectivity index (χ2n) is 1.57. The summed E-state index contributed by atoms with van der Waals surface area (Å²) < 4.78 is 0. The van der Waals surface area contributed by atoms with Gasteiger partial charge in [-0.05, 0) is 5.90 Å². The van der Waals surface area contributed by atoms with Gasteiger partial charge in [-0.15, -0.1) is 0 Å². The summed E-state index contributed by atoms with van der Waals surface area (Å²) in [4.78, 5) is 9.87. The Labute approximate surface area is 51.6 Å². The largest absolute Gasteiger partial charge is 0.862 e. The van der Waals surface area contributed by atoms with Gasteiger partial charge in [0.2, 0.25) is 0 Å². The Balaban J connectivity index is 3.63.